The minimum Gasteiger partial charge on any atom is -0.469 e. The van der Waals surface area contributed by atoms with Crippen molar-refractivity contribution in [3.63, 3.8) is 0 Å². The van der Waals surface area contributed by atoms with Crippen molar-refractivity contribution in [3.05, 3.63) is 17.9 Å². The Kier molecular flexibility index (Phi) is 5.50. The standard InChI is InChI=1S/C8H12O2/c1-3-4-5-6-7-8(9)10-2/h3,5H,6-7H2,1-2H3. The number of allylic oxidation sites excluding steroid dienone is 1. The van der Waals surface area contributed by atoms with Crippen molar-refractivity contribution in [1.29, 1.82) is 0 Å². The van der Waals surface area contributed by atoms with E-state index in [2.05, 4.69) is 10.5 Å². The van der Waals surface area contributed by atoms with Crippen LogP contribution in [0.5, 0.6) is 0 Å². The van der Waals surface area contributed by atoms with E-state index in [1.165, 1.54) is 7.11 Å². The lowest BCUT2D eigenvalue weighted by atomic mass is 10.3. The average molecular weight is 140 g/mol. The van der Waals surface area contributed by atoms with Crippen LogP contribution in [0.15, 0.2) is 17.9 Å². The second-order valence-corrected chi connectivity index (χ2v) is 1.77. The summed E-state index contributed by atoms with van der Waals surface area (Å²) in [5.74, 6) is -0.172. The zero-order valence-electron chi connectivity index (χ0n) is 6.39. The van der Waals surface area contributed by atoms with Crippen LogP contribution in [0.2, 0.25) is 0 Å². The van der Waals surface area contributed by atoms with Crippen LogP contribution in [0.1, 0.15) is 19.8 Å². The first-order valence-corrected chi connectivity index (χ1v) is 3.23. The number of methoxy groups -OCH3 is 1. The van der Waals surface area contributed by atoms with Crippen molar-refractivity contribution in [2.24, 2.45) is 0 Å². The zero-order valence-corrected chi connectivity index (χ0v) is 6.39. The van der Waals surface area contributed by atoms with E-state index in [-0.39, 0.29) is 5.97 Å². The third-order valence-corrected chi connectivity index (χ3v) is 1.00. The minimum atomic E-state index is -0.172. The van der Waals surface area contributed by atoms with Gasteiger partial charge in [-0.05, 0) is 25.5 Å². The van der Waals surface area contributed by atoms with E-state index >= 15 is 0 Å². The molecule has 2 heteroatoms. The molecule has 0 atom stereocenters. The normalized spacial score (nSPS) is 7.80. The topological polar surface area (TPSA) is 26.3 Å². The van der Waals surface area contributed by atoms with Crippen LogP contribution < -0.4 is 0 Å². The molecular formula is C8H12O2. The molecule has 0 rings (SSSR count). The van der Waals surface area contributed by atoms with E-state index in [4.69, 9.17) is 0 Å². The minimum absolute atomic E-state index is 0.172. The second-order valence-electron chi connectivity index (χ2n) is 1.77. The Morgan fingerprint density at radius 3 is 2.90 bits per heavy atom. The highest BCUT2D eigenvalue weighted by Gasteiger charge is 1.94. The molecule has 10 heavy (non-hydrogen) atoms. The fourth-order valence-electron chi connectivity index (χ4n) is 0.493. The van der Waals surface area contributed by atoms with Crippen LogP contribution in [0.25, 0.3) is 0 Å². The van der Waals surface area contributed by atoms with Crippen LogP contribution in [0, 0.1) is 0 Å². The van der Waals surface area contributed by atoms with E-state index in [1.54, 1.807) is 6.08 Å². The average Bonchev–Trinajstić information content (AvgIpc) is 1.98. The highest BCUT2D eigenvalue weighted by atomic mass is 16.5. The maximum Gasteiger partial charge on any atom is 0.305 e. The molecule has 0 aliphatic rings. The van der Waals surface area contributed by atoms with Gasteiger partial charge in [-0.15, -0.1) is 5.73 Å². The largest absolute Gasteiger partial charge is 0.469 e. The second kappa shape index (κ2) is 6.12. The summed E-state index contributed by atoms with van der Waals surface area (Å²) in [4.78, 5) is 10.5. The zero-order chi connectivity index (χ0) is 7.82. The van der Waals surface area contributed by atoms with Gasteiger partial charge >= 0.3 is 5.97 Å². The van der Waals surface area contributed by atoms with Crippen LogP contribution in [-0.2, 0) is 9.53 Å². The Morgan fingerprint density at radius 2 is 2.40 bits per heavy atom. The van der Waals surface area contributed by atoms with Crippen molar-refractivity contribution < 1.29 is 9.53 Å². The first-order chi connectivity index (χ1) is 4.81. The summed E-state index contributed by atoms with van der Waals surface area (Å²) in [7, 11) is 1.39. The van der Waals surface area contributed by atoms with Crippen molar-refractivity contribution >= 4 is 5.97 Å². The van der Waals surface area contributed by atoms with Gasteiger partial charge in [-0.25, -0.2) is 0 Å². The smallest absolute Gasteiger partial charge is 0.305 e. The third kappa shape index (κ3) is 5.13. The molecule has 0 aliphatic heterocycles. The SMILES string of the molecule is CC=C=CCCC(=O)OC. The highest BCUT2D eigenvalue weighted by Crippen LogP contribution is 1.91. The van der Waals surface area contributed by atoms with Crippen LogP contribution in [0.4, 0.5) is 0 Å². The third-order valence-electron chi connectivity index (χ3n) is 1.00. The predicted octanol–water partition coefficient (Wildman–Crippen LogP) is 1.67. The van der Waals surface area contributed by atoms with Crippen molar-refractivity contribution in [2.45, 2.75) is 19.8 Å². The first kappa shape index (κ1) is 8.99. The fourth-order valence-corrected chi connectivity index (χ4v) is 0.493. The van der Waals surface area contributed by atoms with Gasteiger partial charge in [0.2, 0.25) is 0 Å². The number of rotatable bonds is 3. The summed E-state index contributed by atoms with van der Waals surface area (Å²) in [6.07, 6.45) is 4.77. The van der Waals surface area contributed by atoms with Gasteiger partial charge in [-0.1, -0.05) is 0 Å². The summed E-state index contributed by atoms with van der Waals surface area (Å²) >= 11 is 0. The van der Waals surface area contributed by atoms with E-state index in [1.807, 2.05) is 13.0 Å². The molecule has 0 spiro atoms. The number of hydrogen-bond acceptors (Lipinski definition) is 2. The van der Waals surface area contributed by atoms with E-state index < -0.39 is 0 Å². The van der Waals surface area contributed by atoms with Gasteiger partial charge in [0.05, 0.1) is 7.11 Å². The number of carbonyl (C=O) groups excluding carboxylic acids is 1. The highest BCUT2D eigenvalue weighted by molar-refractivity contribution is 5.69. The number of ether oxygens (including phenoxy) is 1. The summed E-state index contributed by atoms with van der Waals surface area (Å²) < 4.78 is 4.43. The quantitative estimate of drug-likeness (QED) is 0.440. The Morgan fingerprint density at radius 1 is 1.70 bits per heavy atom. The lowest BCUT2D eigenvalue weighted by Gasteiger charge is -1.91. The van der Waals surface area contributed by atoms with E-state index in [0.29, 0.717) is 12.8 Å². The molecule has 56 valence electrons. The van der Waals surface area contributed by atoms with Crippen molar-refractivity contribution in [2.75, 3.05) is 7.11 Å². The van der Waals surface area contributed by atoms with E-state index in [0.717, 1.165) is 0 Å². The lowest BCUT2D eigenvalue weighted by molar-refractivity contribution is -0.140. The van der Waals surface area contributed by atoms with Crippen molar-refractivity contribution in [1.82, 2.24) is 0 Å². The van der Waals surface area contributed by atoms with Crippen molar-refractivity contribution in [3.8, 4) is 0 Å². The number of hydrogen-bond donors (Lipinski definition) is 0. The molecule has 0 aliphatic carbocycles. The number of carbonyl (C=O) groups is 1. The van der Waals surface area contributed by atoms with Crippen LogP contribution in [0.3, 0.4) is 0 Å². The molecule has 0 aromatic carbocycles. The molecule has 0 saturated heterocycles. The summed E-state index contributed by atoms with van der Waals surface area (Å²) in [6, 6.07) is 0. The Balaban J connectivity index is 3.37. The molecule has 0 aromatic rings. The Hall–Kier alpha value is -1.01. The maximum atomic E-state index is 10.5. The van der Waals surface area contributed by atoms with Crippen LogP contribution in [-0.4, -0.2) is 13.1 Å². The van der Waals surface area contributed by atoms with Gasteiger partial charge in [0.15, 0.2) is 0 Å². The molecule has 0 bridgehead atoms. The number of esters is 1. The predicted molar refractivity (Wildman–Crippen MR) is 39.6 cm³/mol. The van der Waals surface area contributed by atoms with E-state index in [9.17, 15) is 4.79 Å². The van der Waals surface area contributed by atoms with Gasteiger partial charge in [0.1, 0.15) is 0 Å². The van der Waals surface area contributed by atoms with Gasteiger partial charge in [0.25, 0.3) is 0 Å². The summed E-state index contributed by atoms with van der Waals surface area (Å²) in [5, 5.41) is 0. The summed E-state index contributed by atoms with van der Waals surface area (Å²) in [5.41, 5.74) is 2.87. The molecule has 2 nitrogen and oxygen atoms in total. The van der Waals surface area contributed by atoms with Gasteiger partial charge < -0.3 is 4.74 Å². The lowest BCUT2D eigenvalue weighted by Crippen LogP contribution is -1.97. The fraction of sp³-hybridized carbons (Fsp3) is 0.500. The molecule has 0 aromatic heterocycles. The van der Waals surface area contributed by atoms with Crippen LogP contribution >= 0.6 is 0 Å². The van der Waals surface area contributed by atoms with Gasteiger partial charge in [0, 0.05) is 6.42 Å². The monoisotopic (exact) mass is 140 g/mol. The first-order valence-electron chi connectivity index (χ1n) is 3.23. The Bertz CT molecular complexity index is 151. The molecule has 0 saturated carbocycles. The molecule has 0 unspecified atom stereocenters. The molecule has 0 fully saturated rings. The summed E-state index contributed by atoms with van der Waals surface area (Å²) in [6.45, 7) is 1.88. The molecule has 0 N–H and O–H groups in total. The molecule has 0 heterocycles. The maximum absolute atomic E-state index is 10.5. The molecule has 0 radical (unpaired) electrons. The molecule has 0 amide bonds. The van der Waals surface area contributed by atoms with Gasteiger partial charge in [-0.3, -0.25) is 4.79 Å². The van der Waals surface area contributed by atoms with Gasteiger partial charge in [-0.2, -0.15) is 0 Å². The molecular weight excluding hydrogens is 128 g/mol. The Labute approximate surface area is 61.2 Å².